The summed E-state index contributed by atoms with van der Waals surface area (Å²) in [5, 5.41) is 3.16. The van der Waals surface area contributed by atoms with Crippen LogP contribution in [0.15, 0.2) is 42.5 Å². The highest BCUT2D eigenvalue weighted by Gasteiger charge is 2.38. The lowest BCUT2D eigenvalue weighted by atomic mass is 9.80. The van der Waals surface area contributed by atoms with Gasteiger partial charge in [0.1, 0.15) is 5.82 Å². The second-order valence-corrected chi connectivity index (χ2v) is 7.87. The number of nitrogens with one attached hydrogen (secondary N) is 1. The Bertz CT molecular complexity index is 928. The zero-order valence-electron chi connectivity index (χ0n) is 17.4. The maximum absolute atomic E-state index is 13.3. The summed E-state index contributed by atoms with van der Waals surface area (Å²) in [6, 6.07) is 6.98. The summed E-state index contributed by atoms with van der Waals surface area (Å²) < 4.78 is 91.9. The zero-order chi connectivity index (χ0) is 23.7. The molecule has 1 saturated heterocycles. The predicted octanol–water partition coefficient (Wildman–Crippen LogP) is 5.64. The average Bonchev–Trinajstić information content (AvgIpc) is 2.72. The SMILES string of the molecule is CN(Cc1cc(C(F)(F)F)cc(C(F)(F)F)c1)C(=O)[C@@H]1CCNC[C@H]1c1ccc(F)cc1.Cl. The molecule has 2 aromatic carbocycles. The summed E-state index contributed by atoms with van der Waals surface area (Å²) in [4.78, 5) is 14.2. The standard InChI is InChI=1S/C22H21F7N2O.ClH/c1-31(12-13-8-15(21(24,25)26)10-16(9-13)22(27,28)29)20(32)18-6-7-30-11-19(18)14-2-4-17(23)5-3-14;/h2-5,8-10,18-19,30H,6-7,11-12H2,1H3;1H/t18-,19+;/m1./s1. The maximum Gasteiger partial charge on any atom is 0.416 e. The molecule has 0 bridgehead atoms. The van der Waals surface area contributed by atoms with E-state index >= 15 is 0 Å². The Morgan fingerprint density at radius 3 is 2.06 bits per heavy atom. The molecule has 1 fully saturated rings. The van der Waals surface area contributed by atoms with Crippen LogP contribution in [0.25, 0.3) is 0 Å². The second kappa shape index (κ2) is 10.3. The molecule has 2 atom stereocenters. The van der Waals surface area contributed by atoms with Crippen molar-refractivity contribution in [2.75, 3.05) is 20.1 Å². The Morgan fingerprint density at radius 2 is 1.55 bits per heavy atom. The lowest BCUT2D eigenvalue weighted by molar-refractivity contribution is -0.143. The Hall–Kier alpha value is -2.33. The molecule has 3 rings (SSSR count). The molecule has 0 saturated carbocycles. The van der Waals surface area contributed by atoms with Gasteiger partial charge < -0.3 is 10.2 Å². The number of benzene rings is 2. The molecule has 182 valence electrons. The number of nitrogens with zero attached hydrogens (tertiary/aromatic N) is 1. The van der Waals surface area contributed by atoms with E-state index in [0.717, 1.165) is 10.5 Å². The molecule has 0 radical (unpaired) electrons. The molecular formula is C22H22ClF7N2O. The third-order valence-corrected chi connectivity index (χ3v) is 5.54. The minimum atomic E-state index is -4.96. The molecule has 1 N–H and O–H groups in total. The molecule has 1 heterocycles. The number of alkyl halides is 6. The average molecular weight is 499 g/mol. The van der Waals surface area contributed by atoms with Crippen LogP contribution in [0.2, 0.25) is 0 Å². The monoisotopic (exact) mass is 498 g/mol. The van der Waals surface area contributed by atoms with Crippen molar-refractivity contribution < 1.29 is 35.5 Å². The fourth-order valence-electron chi connectivity index (χ4n) is 3.96. The van der Waals surface area contributed by atoms with Crippen molar-refractivity contribution in [1.29, 1.82) is 0 Å². The van der Waals surface area contributed by atoms with Crippen molar-refractivity contribution in [3.05, 3.63) is 70.5 Å². The fraction of sp³-hybridized carbons (Fsp3) is 0.409. The summed E-state index contributed by atoms with van der Waals surface area (Å²) >= 11 is 0. The number of hydrogen-bond acceptors (Lipinski definition) is 2. The van der Waals surface area contributed by atoms with Gasteiger partial charge in [-0.3, -0.25) is 4.79 Å². The lowest BCUT2D eigenvalue weighted by Crippen LogP contribution is -2.43. The van der Waals surface area contributed by atoms with Gasteiger partial charge in [-0.2, -0.15) is 26.3 Å². The lowest BCUT2D eigenvalue weighted by Gasteiger charge is -2.34. The van der Waals surface area contributed by atoms with Crippen LogP contribution in [-0.4, -0.2) is 30.9 Å². The van der Waals surface area contributed by atoms with E-state index < -0.39 is 47.7 Å². The summed E-state index contributed by atoms with van der Waals surface area (Å²) in [6.07, 6.45) is -9.48. The van der Waals surface area contributed by atoms with E-state index in [4.69, 9.17) is 0 Å². The zero-order valence-corrected chi connectivity index (χ0v) is 18.3. The summed E-state index contributed by atoms with van der Waals surface area (Å²) in [6.45, 7) is 0.563. The third-order valence-electron chi connectivity index (χ3n) is 5.54. The number of carbonyl (C=O) groups is 1. The van der Waals surface area contributed by atoms with Gasteiger partial charge in [-0.1, -0.05) is 12.1 Å². The van der Waals surface area contributed by atoms with Crippen LogP contribution < -0.4 is 5.32 Å². The van der Waals surface area contributed by atoms with E-state index in [1.807, 2.05) is 0 Å². The first-order valence-corrected chi connectivity index (χ1v) is 9.86. The third kappa shape index (κ3) is 6.60. The van der Waals surface area contributed by atoms with E-state index in [0.29, 0.717) is 31.6 Å². The molecule has 33 heavy (non-hydrogen) atoms. The van der Waals surface area contributed by atoms with Gasteiger partial charge in [0.25, 0.3) is 0 Å². The number of carbonyl (C=O) groups excluding carboxylic acids is 1. The number of halogens is 8. The molecule has 1 amide bonds. The van der Waals surface area contributed by atoms with E-state index in [-0.39, 0.29) is 30.0 Å². The van der Waals surface area contributed by atoms with Crippen molar-refractivity contribution in [2.24, 2.45) is 5.92 Å². The van der Waals surface area contributed by atoms with Crippen LogP contribution >= 0.6 is 12.4 Å². The van der Waals surface area contributed by atoms with Crippen LogP contribution in [0, 0.1) is 11.7 Å². The van der Waals surface area contributed by atoms with Crippen molar-refractivity contribution in [1.82, 2.24) is 10.2 Å². The van der Waals surface area contributed by atoms with Crippen LogP contribution in [-0.2, 0) is 23.7 Å². The first-order chi connectivity index (χ1) is 14.9. The van der Waals surface area contributed by atoms with Gasteiger partial charge in [0.05, 0.1) is 11.1 Å². The predicted molar refractivity (Wildman–Crippen MR) is 110 cm³/mol. The van der Waals surface area contributed by atoms with E-state index in [2.05, 4.69) is 5.32 Å². The van der Waals surface area contributed by atoms with Crippen molar-refractivity contribution in [3.8, 4) is 0 Å². The van der Waals surface area contributed by atoms with Gasteiger partial charge in [-0.25, -0.2) is 4.39 Å². The molecule has 3 nitrogen and oxygen atoms in total. The van der Waals surface area contributed by atoms with Crippen LogP contribution in [0.5, 0.6) is 0 Å². The summed E-state index contributed by atoms with van der Waals surface area (Å²) in [7, 11) is 1.35. The smallest absolute Gasteiger partial charge is 0.341 e. The van der Waals surface area contributed by atoms with Crippen LogP contribution in [0.4, 0.5) is 30.7 Å². The van der Waals surface area contributed by atoms with Crippen LogP contribution in [0.1, 0.15) is 34.6 Å². The highest BCUT2D eigenvalue weighted by atomic mass is 35.5. The quantitative estimate of drug-likeness (QED) is 0.554. The molecule has 0 spiro atoms. The van der Waals surface area contributed by atoms with Gasteiger partial charge in [0, 0.05) is 32.0 Å². The van der Waals surface area contributed by atoms with Gasteiger partial charge in [0.15, 0.2) is 0 Å². The van der Waals surface area contributed by atoms with Gasteiger partial charge in [-0.05, 0) is 54.4 Å². The molecule has 2 aromatic rings. The van der Waals surface area contributed by atoms with Gasteiger partial charge >= 0.3 is 12.4 Å². The Labute approximate surface area is 192 Å². The van der Waals surface area contributed by atoms with E-state index in [9.17, 15) is 35.5 Å². The van der Waals surface area contributed by atoms with Crippen molar-refractivity contribution >= 4 is 18.3 Å². The summed E-state index contributed by atoms with van der Waals surface area (Å²) in [5.74, 6) is -1.67. The molecular weight excluding hydrogens is 477 g/mol. The Balaban J connectivity index is 0.00000385. The van der Waals surface area contributed by atoms with E-state index in [1.165, 1.54) is 19.2 Å². The fourth-order valence-corrected chi connectivity index (χ4v) is 3.96. The second-order valence-electron chi connectivity index (χ2n) is 7.87. The van der Waals surface area contributed by atoms with Crippen LogP contribution in [0.3, 0.4) is 0 Å². The van der Waals surface area contributed by atoms with Gasteiger partial charge in [-0.15, -0.1) is 12.4 Å². The number of rotatable bonds is 4. The molecule has 0 unspecified atom stereocenters. The first kappa shape index (κ1) is 26.9. The maximum atomic E-state index is 13.3. The van der Waals surface area contributed by atoms with Crippen molar-refractivity contribution in [2.45, 2.75) is 31.2 Å². The number of hydrogen-bond donors (Lipinski definition) is 1. The Kier molecular flexibility index (Phi) is 8.40. The van der Waals surface area contributed by atoms with Crippen molar-refractivity contribution in [3.63, 3.8) is 0 Å². The molecule has 11 heteroatoms. The Morgan fingerprint density at radius 1 is 1.00 bits per heavy atom. The first-order valence-electron chi connectivity index (χ1n) is 9.86. The van der Waals surface area contributed by atoms with Gasteiger partial charge in [0.2, 0.25) is 5.91 Å². The van der Waals surface area contributed by atoms with E-state index in [1.54, 1.807) is 12.1 Å². The highest BCUT2D eigenvalue weighted by molar-refractivity contribution is 5.85. The number of amides is 1. The highest BCUT2D eigenvalue weighted by Crippen LogP contribution is 2.37. The topological polar surface area (TPSA) is 32.3 Å². The number of piperidine rings is 1. The molecule has 0 aliphatic carbocycles. The largest absolute Gasteiger partial charge is 0.416 e. The summed E-state index contributed by atoms with van der Waals surface area (Å²) in [5.41, 5.74) is -2.39. The molecule has 1 aliphatic rings. The molecule has 1 aliphatic heterocycles. The minimum Gasteiger partial charge on any atom is -0.341 e. The normalized spacial score (nSPS) is 19.0. The minimum absolute atomic E-state index is 0. The molecule has 0 aromatic heterocycles.